The van der Waals surface area contributed by atoms with Gasteiger partial charge in [0.1, 0.15) is 6.17 Å². The number of piperidine rings is 1. The Hall–Kier alpha value is -0.150. The fourth-order valence-electron chi connectivity index (χ4n) is 2.73. The van der Waals surface area contributed by atoms with E-state index < -0.39 is 6.17 Å². The van der Waals surface area contributed by atoms with Gasteiger partial charge in [-0.25, -0.2) is 4.39 Å². The third-order valence-corrected chi connectivity index (χ3v) is 4.16. The van der Waals surface area contributed by atoms with Gasteiger partial charge in [-0.2, -0.15) is 0 Å². The number of ether oxygens (including phenoxy) is 1. The Morgan fingerprint density at radius 1 is 1.25 bits per heavy atom. The smallest absolute Gasteiger partial charge is 0.115 e. The van der Waals surface area contributed by atoms with Crippen LogP contribution in [0.4, 0.5) is 4.39 Å². The van der Waals surface area contributed by atoms with E-state index in [1.54, 1.807) is 0 Å². The Morgan fingerprint density at radius 3 is 2.75 bits per heavy atom. The highest BCUT2D eigenvalue weighted by molar-refractivity contribution is 4.81. The second-order valence-electron chi connectivity index (χ2n) is 5.57. The van der Waals surface area contributed by atoms with E-state index in [-0.39, 0.29) is 5.92 Å². The van der Waals surface area contributed by atoms with E-state index >= 15 is 0 Å². The van der Waals surface area contributed by atoms with Crippen molar-refractivity contribution in [3.05, 3.63) is 0 Å². The van der Waals surface area contributed by atoms with Gasteiger partial charge in [-0.3, -0.25) is 4.90 Å². The van der Waals surface area contributed by atoms with Crippen molar-refractivity contribution in [2.45, 2.75) is 45.4 Å². The summed E-state index contributed by atoms with van der Waals surface area (Å²) >= 11 is 0. The highest BCUT2D eigenvalue weighted by Crippen LogP contribution is 2.24. The molecule has 0 bridgehead atoms. The van der Waals surface area contributed by atoms with Crippen LogP contribution in [0.5, 0.6) is 0 Å². The van der Waals surface area contributed by atoms with Crippen LogP contribution in [0.3, 0.4) is 0 Å². The number of alkyl halides is 1. The Morgan fingerprint density at radius 2 is 2.06 bits per heavy atom. The van der Waals surface area contributed by atoms with Gasteiger partial charge < -0.3 is 4.74 Å². The van der Waals surface area contributed by atoms with E-state index in [1.807, 2.05) is 6.92 Å². The number of hydrogen-bond acceptors (Lipinski definition) is 2. The highest BCUT2D eigenvalue weighted by Gasteiger charge is 2.30. The highest BCUT2D eigenvalue weighted by atomic mass is 19.1. The molecule has 0 aromatic heterocycles. The lowest BCUT2D eigenvalue weighted by Gasteiger charge is -2.38. The normalized spacial score (nSPS) is 42.2. The molecule has 4 atom stereocenters. The van der Waals surface area contributed by atoms with Gasteiger partial charge in [0.15, 0.2) is 0 Å². The van der Waals surface area contributed by atoms with Gasteiger partial charge in [0.25, 0.3) is 0 Å². The van der Waals surface area contributed by atoms with Crippen LogP contribution in [0, 0.1) is 11.8 Å². The minimum atomic E-state index is -0.646. The van der Waals surface area contributed by atoms with Crippen LogP contribution in [0.25, 0.3) is 0 Å². The molecule has 2 saturated heterocycles. The lowest BCUT2D eigenvalue weighted by atomic mass is 9.93. The molecule has 2 rings (SSSR count). The van der Waals surface area contributed by atoms with E-state index in [0.29, 0.717) is 18.6 Å². The van der Waals surface area contributed by atoms with E-state index in [4.69, 9.17) is 4.74 Å². The van der Waals surface area contributed by atoms with Crippen LogP contribution in [0.15, 0.2) is 0 Å². The maximum Gasteiger partial charge on any atom is 0.115 e. The number of halogens is 1. The third-order valence-electron chi connectivity index (χ3n) is 4.16. The van der Waals surface area contributed by atoms with Gasteiger partial charge in [-0.1, -0.05) is 13.8 Å². The Bertz CT molecular complexity index is 224. The van der Waals surface area contributed by atoms with Gasteiger partial charge in [0.2, 0.25) is 0 Å². The van der Waals surface area contributed by atoms with Gasteiger partial charge in [-0.15, -0.1) is 0 Å². The fraction of sp³-hybridized carbons (Fsp3) is 1.00. The van der Waals surface area contributed by atoms with Crippen LogP contribution < -0.4 is 0 Å². The van der Waals surface area contributed by atoms with Crippen LogP contribution in [0.2, 0.25) is 0 Å². The summed E-state index contributed by atoms with van der Waals surface area (Å²) in [6, 6.07) is 0. The van der Waals surface area contributed by atoms with E-state index in [1.165, 1.54) is 12.8 Å². The first kappa shape index (κ1) is 12.3. The lowest BCUT2D eigenvalue weighted by molar-refractivity contribution is -0.0484. The van der Waals surface area contributed by atoms with Crippen LogP contribution >= 0.6 is 0 Å². The summed E-state index contributed by atoms with van der Waals surface area (Å²) in [5.74, 6) is 0.868. The Labute approximate surface area is 98.1 Å². The molecular weight excluding hydrogens is 205 g/mol. The molecule has 0 aliphatic carbocycles. The average molecular weight is 229 g/mol. The standard InChI is InChI=1S/C13H24FNO/c1-10-5-6-15(8-12(10)14)9-13-11(2)4-3-7-16-13/h10-13H,3-9H2,1-2H3/t10-,11-,12+,13?/m0/s1. The number of hydrogen-bond donors (Lipinski definition) is 0. The summed E-state index contributed by atoms with van der Waals surface area (Å²) in [6.45, 7) is 7.72. The molecule has 94 valence electrons. The molecule has 16 heavy (non-hydrogen) atoms. The van der Waals surface area contributed by atoms with E-state index in [2.05, 4.69) is 11.8 Å². The maximum atomic E-state index is 13.6. The number of rotatable bonds is 2. The van der Waals surface area contributed by atoms with Gasteiger partial charge in [0, 0.05) is 19.7 Å². The molecule has 3 heteroatoms. The molecule has 2 aliphatic rings. The molecular formula is C13H24FNO. The summed E-state index contributed by atoms with van der Waals surface area (Å²) in [7, 11) is 0. The minimum absolute atomic E-state index is 0.237. The van der Waals surface area contributed by atoms with Crippen molar-refractivity contribution in [2.75, 3.05) is 26.2 Å². The largest absolute Gasteiger partial charge is 0.377 e. The van der Waals surface area contributed by atoms with Crippen molar-refractivity contribution in [1.29, 1.82) is 0 Å². The number of nitrogens with zero attached hydrogens (tertiary/aromatic N) is 1. The third kappa shape index (κ3) is 2.95. The molecule has 0 aromatic rings. The molecule has 2 aliphatic heterocycles. The fourth-order valence-corrected chi connectivity index (χ4v) is 2.73. The zero-order chi connectivity index (χ0) is 11.5. The SMILES string of the molecule is C[C@H]1CCCOC1CN1CC[C@H](C)[C@H](F)C1. The van der Waals surface area contributed by atoms with Crippen molar-refractivity contribution >= 4 is 0 Å². The molecule has 0 N–H and O–H groups in total. The summed E-state index contributed by atoms with van der Waals surface area (Å²) in [4.78, 5) is 2.25. The average Bonchev–Trinajstić information content (AvgIpc) is 2.27. The molecule has 2 nitrogen and oxygen atoms in total. The zero-order valence-electron chi connectivity index (χ0n) is 10.5. The van der Waals surface area contributed by atoms with Crippen molar-refractivity contribution in [3.8, 4) is 0 Å². The van der Waals surface area contributed by atoms with Crippen molar-refractivity contribution in [1.82, 2.24) is 4.90 Å². The van der Waals surface area contributed by atoms with Gasteiger partial charge >= 0.3 is 0 Å². The quantitative estimate of drug-likeness (QED) is 0.721. The first-order valence-corrected chi connectivity index (χ1v) is 6.65. The van der Waals surface area contributed by atoms with E-state index in [0.717, 1.165) is 26.1 Å². The molecule has 0 amide bonds. The first-order valence-electron chi connectivity index (χ1n) is 6.65. The molecule has 0 spiro atoms. The molecule has 0 aromatic carbocycles. The van der Waals surface area contributed by atoms with Gasteiger partial charge in [-0.05, 0) is 37.6 Å². The van der Waals surface area contributed by atoms with Crippen LogP contribution in [-0.4, -0.2) is 43.4 Å². The van der Waals surface area contributed by atoms with Crippen molar-refractivity contribution in [2.24, 2.45) is 11.8 Å². The molecule has 0 radical (unpaired) electrons. The molecule has 0 saturated carbocycles. The summed E-state index contributed by atoms with van der Waals surface area (Å²) in [6.07, 6.45) is 3.11. The number of likely N-dealkylation sites (tertiary alicyclic amines) is 1. The lowest BCUT2D eigenvalue weighted by Crippen LogP contribution is -2.46. The van der Waals surface area contributed by atoms with E-state index in [9.17, 15) is 4.39 Å². The van der Waals surface area contributed by atoms with Gasteiger partial charge in [0.05, 0.1) is 6.10 Å². The van der Waals surface area contributed by atoms with Crippen molar-refractivity contribution in [3.63, 3.8) is 0 Å². The second kappa shape index (κ2) is 5.46. The summed E-state index contributed by atoms with van der Waals surface area (Å²) in [5, 5.41) is 0. The second-order valence-corrected chi connectivity index (χ2v) is 5.57. The summed E-state index contributed by atoms with van der Waals surface area (Å²) < 4.78 is 19.4. The van der Waals surface area contributed by atoms with Crippen molar-refractivity contribution < 1.29 is 9.13 Å². The predicted octanol–water partition coefficient (Wildman–Crippen LogP) is 2.48. The Balaban J connectivity index is 1.80. The Kier molecular flexibility index (Phi) is 4.20. The topological polar surface area (TPSA) is 12.5 Å². The zero-order valence-corrected chi connectivity index (χ0v) is 10.5. The predicted molar refractivity (Wildman–Crippen MR) is 63.3 cm³/mol. The van der Waals surface area contributed by atoms with Crippen LogP contribution in [0.1, 0.15) is 33.1 Å². The molecule has 2 heterocycles. The molecule has 2 fully saturated rings. The van der Waals surface area contributed by atoms with Crippen LogP contribution in [-0.2, 0) is 4.74 Å². The monoisotopic (exact) mass is 229 g/mol. The summed E-state index contributed by atoms with van der Waals surface area (Å²) in [5.41, 5.74) is 0. The minimum Gasteiger partial charge on any atom is -0.377 e. The molecule has 1 unspecified atom stereocenters. The maximum absolute atomic E-state index is 13.6. The first-order chi connectivity index (χ1) is 7.66.